The number of carbonyl (C=O) groups excluding carboxylic acids is 4. The number of nitrogens with zero attached hydrogens (tertiary/aromatic N) is 2. The minimum absolute atomic E-state index is 0.279. The van der Waals surface area contributed by atoms with Crippen molar-refractivity contribution in [2.45, 2.75) is 131 Å². The molecule has 10 nitrogen and oxygen atoms in total. The summed E-state index contributed by atoms with van der Waals surface area (Å²) in [4.78, 5) is 54.5. The van der Waals surface area contributed by atoms with Gasteiger partial charge >= 0.3 is 24.1 Å². The molecule has 0 spiro atoms. The number of amides is 2. The third kappa shape index (κ3) is 10.1. The monoisotopic (exact) mass is 568 g/mol. The van der Waals surface area contributed by atoms with Crippen LogP contribution in [-0.4, -0.2) is 83.5 Å². The molecule has 40 heavy (non-hydrogen) atoms. The Balaban J connectivity index is 1.87. The highest BCUT2D eigenvalue weighted by Crippen LogP contribution is 2.39. The minimum atomic E-state index is -0.911. The number of hydrogen-bond acceptors (Lipinski definition) is 8. The Labute approximate surface area is 240 Å². The van der Waals surface area contributed by atoms with Crippen molar-refractivity contribution in [2.75, 3.05) is 26.2 Å². The summed E-state index contributed by atoms with van der Waals surface area (Å²) >= 11 is 0. The predicted octanol–water partition coefficient (Wildman–Crippen LogP) is 5.70. The molecule has 2 saturated heterocycles. The zero-order valence-electron chi connectivity index (χ0n) is 26.4. The van der Waals surface area contributed by atoms with Gasteiger partial charge in [0, 0.05) is 51.9 Å². The smallest absolute Gasteiger partial charge is 0.410 e. The van der Waals surface area contributed by atoms with Crippen LogP contribution in [0.5, 0.6) is 0 Å². The van der Waals surface area contributed by atoms with Gasteiger partial charge in [-0.3, -0.25) is 9.59 Å². The van der Waals surface area contributed by atoms with Gasteiger partial charge in [0.15, 0.2) is 0 Å². The van der Waals surface area contributed by atoms with Crippen molar-refractivity contribution in [2.24, 2.45) is 10.8 Å². The lowest BCUT2D eigenvalue weighted by atomic mass is 9.72. The van der Waals surface area contributed by atoms with E-state index in [4.69, 9.17) is 18.9 Å². The Morgan fingerprint density at radius 3 is 1.30 bits per heavy atom. The SMILES string of the molecule is CCC(C)(CC(C)(C)C(=O)OC1CCN(C(=O)OC(C)(C)C)CC1)C(=O)OC1CCN(C(=O)OC(C)(C)C)CC1. The lowest BCUT2D eigenvalue weighted by molar-refractivity contribution is -0.170. The Kier molecular flexibility index (Phi) is 10.9. The van der Waals surface area contributed by atoms with Crippen LogP contribution in [-0.2, 0) is 28.5 Å². The first-order chi connectivity index (χ1) is 18.2. The van der Waals surface area contributed by atoms with Gasteiger partial charge in [-0.25, -0.2) is 9.59 Å². The lowest BCUT2D eigenvalue weighted by Gasteiger charge is -2.38. The zero-order chi connectivity index (χ0) is 30.5. The summed E-state index contributed by atoms with van der Waals surface area (Å²) in [5.74, 6) is -0.696. The van der Waals surface area contributed by atoms with Crippen molar-refractivity contribution in [3.8, 4) is 0 Å². The molecule has 0 saturated carbocycles. The van der Waals surface area contributed by atoms with Crippen LogP contribution in [0, 0.1) is 10.8 Å². The fourth-order valence-corrected chi connectivity index (χ4v) is 4.96. The summed E-state index contributed by atoms with van der Waals surface area (Å²) in [7, 11) is 0. The third-order valence-electron chi connectivity index (χ3n) is 7.39. The molecule has 0 aromatic heterocycles. The second kappa shape index (κ2) is 13.0. The summed E-state index contributed by atoms with van der Waals surface area (Å²) in [5.41, 5.74) is -2.90. The molecule has 2 amide bonds. The Morgan fingerprint density at radius 2 is 0.975 bits per heavy atom. The summed E-state index contributed by atoms with van der Waals surface area (Å²) in [6, 6.07) is 0. The molecule has 0 N–H and O–H groups in total. The lowest BCUT2D eigenvalue weighted by Crippen LogP contribution is -2.46. The molecule has 1 atom stereocenters. The Hall–Kier alpha value is -2.52. The number of rotatable bonds is 7. The highest BCUT2D eigenvalue weighted by Gasteiger charge is 2.44. The van der Waals surface area contributed by atoms with Crippen molar-refractivity contribution in [1.82, 2.24) is 9.80 Å². The van der Waals surface area contributed by atoms with Gasteiger partial charge in [-0.15, -0.1) is 0 Å². The first-order valence-corrected chi connectivity index (χ1v) is 14.6. The molecule has 0 aromatic rings. The Morgan fingerprint density at radius 1 is 0.625 bits per heavy atom. The first kappa shape index (κ1) is 33.7. The van der Waals surface area contributed by atoms with E-state index in [1.54, 1.807) is 23.6 Å². The molecule has 0 bridgehead atoms. The summed E-state index contributed by atoms with van der Waals surface area (Å²) in [6.07, 6.45) is 1.65. The van der Waals surface area contributed by atoms with Crippen LogP contribution in [0.3, 0.4) is 0 Å². The molecule has 2 aliphatic rings. The van der Waals surface area contributed by atoms with E-state index >= 15 is 0 Å². The summed E-state index contributed by atoms with van der Waals surface area (Å²) in [6.45, 7) is 20.2. The first-order valence-electron chi connectivity index (χ1n) is 14.6. The quantitative estimate of drug-likeness (QED) is 0.284. The van der Waals surface area contributed by atoms with Gasteiger partial charge in [-0.1, -0.05) is 6.92 Å². The van der Waals surface area contributed by atoms with Crippen LogP contribution in [0.1, 0.15) is 108 Å². The van der Waals surface area contributed by atoms with Crippen LogP contribution in [0.25, 0.3) is 0 Å². The molecule has 230 valence electrons. The molecule has 1 unspecified atom stereocenters. The average molecular weight is 569 g/mol. The number of likely N-dealkylation sites (tertiary alicyclic amines) is 2. The van der Waals surface area contributed by atoms with Crippen molar-refractivity contribution >= 4 is 24.1 Å². The number of carbonyl (C=O) groups is 4. The fourth-order valence-electron chi connectivity index (χ4n) is 4.96. The second-order valence-electron chi connectivity index (χ2n) is 14.1. The maximum absolute atomic E-state index is 13.3. The third-order valence-corrected chi connectivity index (χ3v) is 7.39. The molecule has 0 radical (unpaired) electrons. The predicted molar refractivity (Wildman–Crippen MR) is 151 cm³/mol. The van der Waals surface area contributed by atoms with Crippen molar-refractivity contribution in [1.29, 1.82) is 0 Å². The molecule has 2 rings (SSSR count). The van der Waals surface area contributed by atoms with Crippen molar-refractivity contribution in [3.05, 3.63) is 0 Å². The average Bonchev–Trinajstić information content (AvgIpc) is 2.82. The highest BCUT2D eigenvalue weighted by atomic mass is 16.6. The van der Waals surface area contributed by atoms with E-state index < -0.39 is 22.0 Å². The van der Waals surface area contributed by atoms with E-state index in [2.05, 4.69) is 0 Å². The standard InChI is InChI=1S/C30H52N2O8/c1-11-30(10,24(34)38-22-14-18-32(19-15-22)26(36)40-28(5,6)7)20-29(8,9)23(33)37-21-12-16-31(17-13-21)25(35)39-27(2,3)4/h21-22H,11-20H2,1-10H3. The zero-order valence-corrected chi connectivity index (χ0v) is 26.4. The van der Waals surface area contributed by atoms with Crippen LogP contribution >= 0.6 is 0 Å². The van der Waals surface area contributed by atoms with E-state index in [9.17, 15) is 19.2 Å². The molecule has 2 aliphatic heterocycles. The molecule has 0 aliphatic carbocycles. The number of piperidine rings is 2. The van der Waals surface area contributed by atoms with Crippen LogP contribution in [0.2, 0.25) is 0 Å². The van der Waals surface area contributed by atoms with Gasteiger partial charge in [0.05, 0.1) is 10.8 Å². The fraction of sp³-hybridized carbons (Fsp3) is 0.867. The van der Waals surface area contributed by atoms with Crippen molar-refractivity contribution < 1.29 is 38.1 Å². The van der Waals surface area contributed by atoms with E-state index in [0.717, 1.165) is 0 Å². The highest BCUT2D eigenvalue weighted by molar-refractivity contribution is 5.80. The van der Waals surface area contributed by atoms with E-state index in [-0.39, 0.29) is 42.8 Å². The van der Waals surface area contributed by atoms with Gasteiger partial charge < -0.3 is 28.7 Å². The van der Waals surface area contributed by atoms with Gasteiger partial charge in [-0.05, 0) is 75.2 Å². The topological polar surface area (TPSA) is 112 Å². The van der Waals surface area contributed by atoms with E-state index in [1.807, 2.05) is 55.4 Å². The maximum atomic E-state index is 13.3. The van der Waals surface area contributed by atoms with Crippen LogP contribution < -0.4 is 0 Å². The number of hydrogen-bond donors (Lipinski definition) is 0. The minimum Gasteiger partial charge on any atom is -0.462 e. The molecule has 10 heteroatoms. The van der Waals surface area contributed by atoms with Crippen molar-refractivity contribution in [3.63, 3.8) is 0 Å². The van der Waals surface area contributed by atoms with Gasteiger partial charge in [-0.2, -0.15) is 0 Å². The molecular weight excluding hydrogens is 516 g/mol. The largest absolute Gasteiger partial charge is 0.462 e. The molecule has 0 aromatic carbocycles. The van der Waals surface area contributed by atoms with Gasteiger partial charge in [0.25, 0.3) is 0 Å². The Bertz CT molecular complexity index is 904. The van der Waals surface area contributed by atoms with E-state index in [1.165, 1.54) is 0 Å². The van der Waals surface area contributed by atoms with Crippen LogP contribution in [0.15, 0.2) is 0 Å². The van der Waals surface area contributed by atoms with Crippen LogP contribution in [0.4, 0.5) is 9.59 Å². The summed E-state index contributed by atoms with van der Waals surface area (Å²) in [5, 5.41) is 0. The van der Waals surface area contributed by atoms with E-state index in [0.29, 0.717) is 58.3 Å². The van der Waals surface area contributed by atoms with Gasteiger partial charge in [0.1, 0.15) is 23.4 Å². The molecule has 2 heterocycles. The molecule has 2 fully saturated rings. The number of ether oxygens (including phenoxy) is 4. The second-order valence-corrected chi connectivity index (χ2v) is 14.1. The maximum Gasteiger partial charge on any atom is 0.410 e. The summed E-state index contributed by atoms with van der Waals surface area (Å²) < 4.78 is 22.6. The molecular formula is C30H52N2O8. The number of esters is 2. The van der Waals surface area contributed by atoms with Gasteiger partial charge in [0.2, 0.25) is 0 Å². The normalized spacial score (nSPS) is 19.4.